The highest BCUT2D eigenvalue weighted by Gasteiger charge is 2.26. The van der Waals surface area contributed by atoms with Crippen molar-refractivity contribution >= 4 is 38.0 Å². The minimum Gasteiger partial charge on any atom is -0.384 e. The Kier molecular flexibility index (Phi) is 9.17. The second-order valence-electron chi connectivity index (χ2n) is 11.0. The van der Waals surface area contributed by atoms with E-state index in [4.69, 9.17) is 5.73 Å². The number of hydrogen-bond donors (Lipinski definition) is 3. The molecule has 0 aliphatic heterocycles. The summed E-state index contributed by atoms with van der Waals surface area (Å²) in [5.41, 5.74) is 8.84. The molecular weight excluding hydrogens is 562 g/mol. The lowest BCUT2D eigenvalue weighted by molar-refractivity contribution is 0.100. The summed E-state index contributed by atoms with van der Waals surface area (Å²) in [7, 11) is 1.66. The summed E-state index contributed by atoms with van der Waals surface area (Å²) in [6.45, 7) is 6.16. The molecule has 3 aromatic carbocycles. The number of nitrogens with two attached hydrogens (primary N) is 1. The highest BCUT2D eigenvalue weighted by atomic mass is 32.2. The molecule has 0 saturated carbocycles. The third-order valence-electron chi connectivity index (χ3n) is 6.87. The smallest absolute Gasteiger partial charge is 0.250 e. The van der Waals surface area contributed by atoms with Gasteiger partial charge in [-0.2, -0.15) is 5.10 Å². The van der Waals surface area contributed by atoms with Gasteiger partial charge >= 0.3 is 0 Å². The number of anilines is 2. The van der Waals surface area contributed by atoms with E-state index in [1.54, 1.807) is 12.1 Å². The maximum absolute atomic E-state index is 13.9. The molecule has 12 heteroatoms. The number of H-pyrrole nitrogens is 1. The molecule has 1 aromatic heterocycles. The van der Waals surface area contributed by atoms with Crippen molar-refractivity contribution in [3.05, 3.63) is 65.7 Å². The quantitative estimate of drug-likeness (QED) is 0.212. The highest BCUT2D eigenvalue weighted by molar-refractivity contribution is 7.91. The number of aromatic nitrogens is 2. The fraction of sp³-hybridized carbons (Fsp3) is 0.333. The van der Waals surface area contributed by atoms with Crippen LogP contribution in [0.1, 0.15) is 30.6 Å². The maximum atomic E-state index is 13.9. The van der Waals surface area contributed by atoms with Crippen LogP contribution in [-0.4, -0.2) is 70.2 Å². The van der Waals surface area contributed by atoms with Crippen LogP contribution in [0.5, 0.6) is 0 Å². The summed E-state index contributed by atoms with van der Waals surface area (Å²) in [6.07, 6.45) is 0.864. The third kappa shape index (κ3) is 6.55. The molecule has 4 N–H and O–H groups in total. The molecule has 0 saturated heterocycles. The van der Waals surface area contributed by atoms with Gasteiger partial charge in [0, 0.05) is 37.3 Å². The van der Waals surface area contributed by atoms with Gasteiger partial charge in [-0.15, -0.1) is 0 Å². The molecule has 1 heterocycles. The second-order valence-corrected chi connectivity index (χ2v) is 12.9. The minimum absolute atomic E-state index is 0.161. The number of nitrogens with zero attached hydrogens (tertiary/aromatic N) is 3. The van der Waals surface area contributed by atoms with Gasteiger partial charge in [0.15, 0.2) is 0 Å². The second kappa shape index (κ2) is 12.5. The number of carbonyl (C=O) groups is 1. The Balaban J connectivity index is 1.95. The van der Waals surface area contributed by atoms with Gasteiger partial charge in [0.1, 0.15) is 17.3 Å². The van der Waals surface area contributed by atoms with Gasteiger partial charge in [-0.25, -0.2) is 17.2 Å². The largest absolute Gasteiger partial charge is 0.384 e. The number of hydrogen-bond acceptors (Lipinski definition) is 7. The topological polar surface area (TPSA) is 124 Å². The summed E-state index contributed by atoms with van der Waals surface area (Å²) in [5.74, 6) is -2.38. The summed E-state index contributed by atoms with van der Waals surface area (Å²) >= 11 is 0. The van der Waals surface area contributed by atoms with Crippen molar-refractivity contribution in [3.63, 3.8) is 0 Å². The number of rotatable bonds is 12. The van der Waals surface area contributed by atoms with Gasteiger partial charge in [0.25, 0.3) is 5.91 Å². The van der Waals surface area contributed by atoms with E-state index < -0.39 is 32.3 Å². The Bertz CT molecular complexity index is 1700. The van der Waals surface area contributed by atoms with Crippen LogP contribution in [-0.2, 0) is 9.84 Å². The first-order chi connectivity index (χ1) is 19.8. The zero-order valence-electron chi connectivity index (χ0n) is 24.3. The fourth-order valence-corrected chi connectivity index (χ4v) is 6.09. The first-order valence-corrected chi connectivity index (χ1v) is 15.0. The van der Waals surface area contributed by atoms with Crippen LogP contribution < -0.4 is 16.0 Å². The van der Waals surface area contributed by atoms with Crippen molar-refractivity contribution in [2.75, 3.05) is 51.0 Å². The van der Waals surface area contributed by atoms with Gasteiger partial charge in [0.2, 0.25) is 9.84 Å². The number of benzene rings is 3. The molecule has 0 aliphatic carbocycles. The molecular formula is C30H36F2N6O3S. The number of fused-ring (bicyclic) bond motifs is 1. The molecule has 4 rings (SSSR count). The predicted octanol–water partition coefficient (Wildman–Crippen LogP) is 4.90. The lowest BCUT2D eigenvalue weighted by Crippen LogP contribution is -2.25. The maximum Gasteiger partial charge on any atom is 0.250 e. The zero-order valence-corrected chi connectivity index (χ0v) is 25.1. The van der Waals surface area contributed by atoms with Crippen LogP contribution >= 0.6 is 0 Å². The molecule has 0 fully saturated rings. The molecule has 0 bridgehead atoms. The number of amides is 1. The van der Waals surface area contributed by atoms with Crippen molar-refractivity contribution in [1.29, 1.82) is 0 Å². The van der Waals surface area contributed by atoms with E-state index in [-0.39, 0.29) is 16.4 Å². The molecule has 9 nitrogen and oxygen atoms in total. The molecule has 0 spiro atoms. The number of primary amides is 1. The molecule has 0 atom stereocenters. The van der Waals surface area contributed by atoms with Crippen LogP contribution in [0.25, 0.3) is 22.2 Å². The average molecular weight is 599 g/mol. The normalized spacial score (nSPS) is 11.9. The molecule has 0 aliphatic rings. The Labute approximate surface area is 244 Å². The van der Waals surface area contributed by atoms with E-state index in [0.717, 1.165) is 30.8 Å². The van der Waals surface area contributed by atoms with E-state index >= 15 is 0 Å². The monoisotopic (exact) mass is 598 g/mol. The van der Waals surface area contributed by atoms with E-state index in [1.807, 2.05) is 41.1 Å². The predicted molar refractivity (Wildman–Crippen MR) is 162 cm³/mol. The molecule has 0 radical (unpaired) electrons. The van der Waals surface area contributed by atoms with Crippen molar-refractivity contribution < 1.29 is 22.0 Å². The number of nitrogens with one attached hydrogen (secondary N) is 2. The summed E-state index contributed by atoms with van der Waals surface area (Å²) in [4.78, 5) is 16.1. The average Bonchev–Trinajstić information content (AvgIpc) is 3.33. The van der Waals surface area contributed by atoms with Crippen molar-refractivity contribution in [1.82, 2.24) is 15.1 Å². The number of halogens is 2. The van der Waals surface area contributed by atoms with Crippen molar-refractivity contribution in [2.45, 2.75) is 30.1 Å². The van der Waals surface area contributed by atoms with Gasteiger partial charge in [0.05, 0.1) is 32.1 Å². The Morgan fingerprint density at radius 2 is 1.69 bits per heavy atom. The summed E-state index contributed by atoms with van der Waals surface area (Å²) in [5, 5.41) is 11.3. The van der Waals surface area contributed by atoms with Crippen LogP contribution in [0.2, 0.25) is 0 Å². The van der Waals surface area contributed by atoms with E-state index in [0.29, 0.717) is 47.0 Å². The Morgan fingerprint density at radius 1 is 1.00 bits per heavy atom. The SMILES string of the molecule is CC(C)CNc1c(C(N)=O)ccc(N(C)CCCN(C)C)c1-c1n[nH]c2ccc(S(=O)(=O)c3cc(F)cc(F)c3)cc12. The van der Waals surface area contributed by atoms with Crippen LogP contribution in [0, 0.1) is 17.6 Å². The molecule has 1 amide bonds. The van der Waals surface area contributed by atoms with Crippen LogP contribution in [0.4, 0.5) is 20.2 Å². The van der Waals surface area contributed by atoms with Gasteiger partial charge in [-0.3, -0.25) is 9.89 Å². The Hall–Kier alpha value is -4.03. The number of aromatic amines is 1. The van der Waals surface area contributed by atoms with E-state index in [2.05, 4.69) is 25.3 Å². The zero-order chi connectivity index (χ0) is 30.8. The minimum atomic E-state index is -4.28. The standard InChI is InChI=1S/C30H36F2N6O3S/c1-18(2)17-34-28-23(30(33)39)8-10-26(38(5)12-6-11-37(3)4)27(28)29-24-16-21(7-9-25(24)35-36-29)42(40,41)22-14-19(31)13-20(32)15-22/h7-10,13-16,18,34H,6,11-12,17H2,1-5H3,(H2,33,39)(H,35,36). The van der Waals surface area contributed by atoms with E-state index in [9.17, 15) is 22.0 Å². The number of carbonyl (C=O) groups excluding carboxylic acids is 1. The summed E-state index contributed by atoms with van der Waals surface area (Å²) < 4.78 is 54.7. The lowest BCUT2D eigenvalue weighted by atomic mass is 9.98. The molecule has 0 unspecified atom stereocenters. The number of sulfone groups is 1. The first-order valence-electron chi connectivity index (χ1n) is 13.6. The molecule has 42 heavy (non-hydrogen) atoms. The third-order valence-corrected chi connectivity index (χ3v) is 8.60. The van der Waals surface area contributed by atoms with Gasteiger partial charge < -0.3 is 20.9 Å². The van der Waals surface area contributed by atoms with Crippen LogP contribution in [0.3, 0.4) is 0 Å². The molecule has 4 aromatic rings. The van der Waals surface area contributed by atoms with Crippen molar-refractivity contribution in [2.24, 2.45) is 11.7 Å². The van der Waals surface area contributed by atoms with Gasteiger partial charge in [-0.1, -0.05) is 13.8 Å². The molecule has 224 valence electrons. The summed E-state index contributed by atoms with van der Waals surface area (Å²) in [6, 6.07) is 9.99. The Morgan fingerprint density at radius 3 is 2.31 bits per heavy atom. The van der Waals surface area contributed by atoms with Gasteiger partial charge in [-0.05, 0) is 75.4 Å². The highest BCUT2D eigenvalue weighted by Crippen LogP contribution is 2.42. The lowest BCUT2D eigenvalue weighted by Gasteiger charge is -2.26. The van der Waals surface area contributed by atoms with E-state index in [1.165, 1.54) is 12.1 Å². The fourth-order valence-electron chi connectivity index (χ4n) is 4.76. The first kappa shape index (κ1) is 30.9. The van der Waals surface area contributed by atoms with Crippen molar-refractivity contribution in [3.8, 4) is 11.3 Å². The van der Waals surface area contributed by atoms with Crippen LogP contribution in [0.15, 0.2) is 58.3 Å².